The van der Waals surface area contributed by atoms with Crippen LogP contribution in [0.4, 0.5) is 26.3 Å². The van der Waals surface area contributed by atoms with Gasteiger partial charge in [0.05, 0.1) is 42.9 Å². The summed E-state index contributed by atoms with van der Waals surface area (Å²) in [5, 5.41) is 1.99. The molecule has 20 heteroatoms. The Morgan fingerprint density at radius 1 is 0.557 bits per heavy atom. The average molecular weight is 1080 g/mol. The molecule has 0 radical (unpaired) electrons. The Labute approximate surface area is 415 Å². The molecule has 2 aromatic carbocycles. The smallest absolute Gasteiger partial charge is 0.361 e. The van der Waals surface area contributed by atoms with E-state index in [1.54, 1.807) is 71.9 Å². The molecule has 0 spiro atoms. The molecule has 0 bridgehead atoms. The number of pyridine rings is 6. The lowest BCUT2D eigenvalue weighted by molar-refractivity contribution is -0.138. The van der Waals surface area contributed by atoms with Gasteiger partial charge in [0.2, 0.25) is 0 Å². The Bertz CT molecular complexity index is 3200. The van der Waals surface area contributed by atoms with Gasteiger partial charge in [-0.3, -0.25) is 33.7 Å². The summed E-state index contributed by atoms with van der Waals surface area (Å²) in [5.74, 6) is 0. The van der Waals surface area contributed by atoms with E-state index in [0.717, 1.165) is 40.8 Å². The number of hydrogen-bond acceptors (Lipinski definition) is 8. The highest BCUT2D eigenvalue weighted by Gasteiger charge is 2.31. The third kappa shape index (κ3) is 14.3. The number of halogens is 8. The van der Waals surface area contributed by atoms with Gasteiger partial charge >= 0.3 is 12.4 Å². The van der Waals surface area contributed by atoms with Crippen molar-refractivity contribution in [1.82, 2.24) is 29.1 Å². The maximum Gasteiger partial charge on any atom is 0.416 e. The van der Waals surface area contributed by atoms with E-state index in [9.17, 15) is 35.9 Å². The van der Waals surface area contributed by atoms with E-state index in [-0.39, 0.29) is 24.6 Å². The van der Waals surface area contributed by atoms with E-state index >= 15 is 0 Å². The topological polar surface area (TPSA) is 114 Å². The van der Waals surface area contributed by atoms with Crippen LogP contribution in [0.25, 0.3) is 55.0 Å². The van der Waals surface area contributed by atoms with Gasteiger partial charge in [-0.05, 0) is 99.8 Å². The number of hydrogen-bond donors (Lipinski definition) is 0. The minimum atomic E-state index is -4.40. The van der Waals surface area contributed by atoms with Crippen LogP contribution < -0.4 is 11.1 Å². The van der Waals surface area contributed by atoms with Crippen molar-refractivity contribution in [2.75, 3.05) is 13.2 Å². The van der Waals surface area contributed by atoms with Gasteiger partial charge in [-0.15, -0.1) is 0 Å². The van der Waals surface area contributed by atoms with Crippen LogP contribution in [0.3, 0.4) is 0 Å². The number of alkyl halides is 6. The summed E-state index contributed by atoms with van der Waals surface area (Å²) in [4.78, 5) is 41.9. The second-order valence-corrected chi connectivity index (χ2v) is 31.0. The number of benzene rings is 2. The first-order valence-corrected chi connectivity index (χ1v) is 30.5. The lowest BCUT2D eigenvalue weighted by atomic mass is 10.0. The molecule has 0 saturated heterocycles. The highest BCUT2D eigenvalue weighted by atomic mass is 79.9. The lowest BCUT2D eigenvalue weighted by Gasteiger charge is -2.16. The number of nitrogens with zero attached hydrogens (tertiary/aromatic N) is 6. The maximum atomic E-state index is 12.9. The van der Waals surface area contributed by atoms with Gasteiger partial charge in [0.25, 0.3) is 11.1 Å². The summed E-state index contributed by atoms with van der Waals surface area (Å²) in [6, 6.07) is 22.2. The van der Waals surface area contributed by atoms with Crippen LogP contribution in [0, 0.1) is 0 Å². The monoisotopic (exact) mass is 1080 g/mol. The Kier molecular flexibility index (Phi) is 17.4. The maximum absolute atomic E-state index is 12.9. The van der Waals surface area contributed by atoms with Crippen LogP contribution in [0.5, 0.6) is 0 Å². The van der Waals surface area contributed by atoms with Crippen LogP contribution in [-0.2, 0) is 35.3 Å². The summed E-state index contributed by atoms with van der Waals surface area (Å²) in [5.41, 5.74) is 2.43. The van der Waals surface area contributed by atoms with E-state index in [4.69, 9.17) is 21.1 Å². The van der Waals surface area contributed by atoms with E-state index in [2.05, 4.69) is 75.1 Å². The second kappa shape index (κ2) is 22.7. The predicted octanol–water partition coefficient (Wildman–Crippen LogP) is 13.8. The predicted molar refractivity (Wildman–Crippen MR) is 273 cm³/mol. The summed E-state index contributed by atoms with van der Waals surface area (Å²) < 4.78 is 91.6. The van der Waals surface area contributed by atoms with Crippen LogP contribution >= 0.6 is 27.5 Å². The van der Waals surface area contributed by atoms with Crippen LogP contribution in [-0.4, -0.2) is 58.4 Å². The zero-order chi connectivity index (χ0) is 51.0. The van der Waals surface area contributed by atoms with E-state index in [0.29, 0.717) is 73.3 Å². The van der Waals surface area contributed by atoms with E-state index < -0.39 is 39.6 Å². The van der Waals surface area contributed by atoms with Gasteiger partial charge < -0.3 is 9.47 Å². The minimum Gasteiger partial charge on any atom is -0.361 e. The SMILES string of the molecule is C[Si](C)(C)CCOCn1cc(-c2ccc(C(F)(F)F)cc2)c2ncccc2c1=O.C[Si](C)(C)CCOCn1cc(Br)c2ncccc2c1=O.FC(F)(F)c1ccc(-c2cnc(Cl)c3cccnc23)cc1. The van der Waals surface area contributed by atoms with Crippen LogP contribution in [0.1, 0.15) is 11.1 Å². The van der Waals surface area contributed by atoms with E-state index in [1.807, 2.05) is 0 Å². The quantitative estimate of drug-likeness (QED) is 0.0514. The molecule has 0 amide bonds. The van der Waals surface area contributed by atoms with Crippen molar-refractivity contribution >= 4 is 76.4 Å². The molecule has 6 aromatic heterocycles. The molecule has 6 heterocycles. The number of rotatable bonds is 12. The van der Waals surface area contributed by atoms with Gasteiger partial charge in [0.15, 0.2) is 0 Å². The summed E-state index contributed by atoms with van der Waals surface area (Å²) >= 11 is 9.45. The molecule has 368 valence electrons. The number of aromatic nitrogens is 6. The molecular formula is C50H50BrClF6N6O4Si2. The fraction of sp³-hybridized carbons (Fsp3) is 0.280. The highest BCUT2D eigenvalue weighted by molar-refractivity contribution is 9.10. The highest BCUT2D eigenvalue weighted by Crippen LogP contribution is 2.35. The largest absolute Gasteiger partial charge is 0.416 e. The third-order valence-corrected chi connectivity index (χ3v) is 15.0. The normalized spacial score (nSPS) is 12.1. The summed E-state index contributed by atoms with van der Waals surface area (Å²) in [6.45, 7) is 15.3. The molecule has 8 aromatic rings. The summed E-state index contributed by atoms with van der Waals surface area (Å²) in [7, 11) is -2.35. The third-order valence-electron chi connectivity index (χ3n) is 10.7. The Morgan fingerprint density at radius 2 is 0.957 bits per heavy atom. The molecule has 70 heavy (non-hydrogen) atoms. The number of ether oxygens (including phenoxy) is 2. The summed E-state index contributed by atoms with van der Waals surface area (Å²) in [6.07, 6.45) is 0.956. The fourth-order valence-corrected chi connectivity index (χ4v) is 9.09. The van der Waals surface area contributed by atoms with Crippen molar-refractivity contribution < 1.29 is 35.8 Å². The molecule has 10 nitrogen and oxygen atoms in total. The first-order valence-electron chi connectivity index (χ1n) is 21.9. The number of fused-ring (bicyclic) bond motifs is 3. The zero-order valence-electron chi connectivity index (χ0n) is 39.1. The van der Waals surface area contributed by atoms with Crippen molar-refractivity contribution in [3.63, 3.8) is 0 Å². The van der Waals surface area contributed by atoms with Crippen molar-refractivity contribution in [3.05, 3.63) is 164 Å². The first kappa shape index (κ1) is 53.8. The fourth-order valence-electron chi connectivity index (χ4n) is 6.81. The van der Waals surface area contributed by atoms with Gasteiger partial charge in [0, 0.05) is 83.1 Å². The molecule has 0 atom stereocenters. The van der Waals surface area contributed by atoms with Gasteiger partial charge in [0.1, 0.15) is 18.6 Å². The van der Waals surface area contributed by atoms with Crippen molar-refractivity contribution in [2.45, 2.75) is 77.2 Å². The average Bonchev–Trinajstić information content (AvgIpc) is 3.31. The Hall–Kier alpha value is -5.58. The lowest BCUT2D eigenvalue weighted by Crippen LogP contribution is -2.25. The zero-order valence-corrected chi connectivity index (χ0v) is 43.5. The Morgan fingerprint density at radius 3 is 1.41 bits per heavy atom. The van der Waals surface area contributed by atoms with Crippen LogP contribution in [0.15, 0.2) is 136 Å². The first-order chi connectivity index (χ1) is 32.9. The molecule has 0 fully saturated rings. The second-order valence-electron chi connectivity index (χ2n) is 18.6. The van der Waals surface area contributed by atoms with E-state index in [1.165, 1.54) is 35.0 Å². The molecule has 0 aliphatic heterocycles. The Balaban J connectivity index is 0.000000176. The standard InChI is InChI=1S/C21H23F3N2O2Si.C15H8ClF3N2.C14H19BrN2O2Si/c1-29(2,3)12-11-28-14-26-13-18(19-17(20(26)27)5-4-10-25-19)15-6-8-16(9-7-15)21(22,23)24;16-14-11-2-1-7-20-13(11)12(8-21-14)9-3-5-10(6-4-9)15(17,18)19;1-20(2,3)8-7-19-10-17-9-12(15)13-11(14(17)18)5-4-6-16-13/h4-10,13H,11-12,14H2,1-3H3;1-8H;4-6,9H,7-8,10H2,1-3H3. The molecule has 0 unspecified atom stereocenters. The van der Waals surface area contributed by atoms with Crippen molar-refractivity contribution in [1.29, 1.82) is 0 Å². The van der Waals surface area contributed by atoms with Gasteiger partial charge in [-0.2, -0.15) is 26.3 Å². The molecular weight excluding hydrogens is 1030 g/mol. The van der Waals surface area contributed by atoms with Crippen molar-refractivity contribution in [2.24, 2.45) is 0 Å². The molecule has 0 aliphatic carbocycles. The minimum absolute atomic E-state index is 0.0655. The van der Waals surface area contributed by atoms with Gasteiger partial charge in [-0.25, -0.2) is 4.98 Å². The van der Waals surface area contributed by atoms with Crippen molar-refractivity contribution in [3.8, 4) is 22.3 Å². The molecule has 8 rings (SSSR count). The van der Waals surface area contributed by atoms with Gasteiger partial charge in [-0.1, -0.05) is 75.1 Å². The molecule has 0 aliphatic rings. The van der Waals surface area contributed by atoms with Crippen LogP contribution in [0.2, 0.25) is 56.5 Å². The molecule has 0 N–H and O–H groups in total. The molecule has 0 saturated carbocycles.